The molecule has 1 spiro atoms. The first-order valence-electron chi connectivity index (χ1n) is 10.0. The molecule has 0 radical (unpaired) electrons. The molecule has 1 aromatic heterocycles. The lowest BCUT2D eigenvalue weighted by atomic mass is 9.80. The number of halogens is 1. The summed E-state index contributed by atoms with van der Waals surface area (Å²) in [6, 6.07) is 6.88. The Labute approximate surface area is 160 Å². The van der Waals surface area contributed by atoms with Crippen molar-refractivity contribution in [3.05, 3.63) is 35.6 Å². The number of nitrogens with zero attached hydrogens (tertiary/aromatic N) is 2. The fourth-order valence-corrected chi connectivity index (χ4v) is 4.59. The first kappa shape index (κ1) is 18.6. The lowest BCUT2D eigenvalue weighted by molar-refractivity contribution is -0.183. The number of anilines is 1. The molecule has 2 saturated heterocycles. The van der Waals surface area contributed by atoms with Gasteiger partial charge in [-0.3, -0.25) is 0 Å². The zero-order valence-electron chi connectivity index (χ0n) is 16.4. The van der Waals surface area contributed by atoms with Crippen molar-refractivity contribution in [3.8, 4) is 0 Å². The van der Waals surface area contributed by atoms with Crippen molar-refractivity contribution in [1.82, 2.24) is 4.98 Å². The van der Waals surface area contributed by atoms with Gasteiger partial charge in [-0.2, -0.15) is 0 Å². The van der Waals surface area contributed by atoms with Crippen molar-refractivity contribution in [2.75, 3.05) is 18.0 Å². The summed E-state index contributed by atoms with van der Waals surface area (Å²) >= 11 is 0. The maximum absolute atomic E-state index is 13.6. The summed E-state index contributed by atoms with van der Waals surface area (Å²) in [5.74, 6) is 1.06. The highest BCUT2D eigenvalue weighted by molar-refractivity contribution is 5.84. The number of rotatable bonds is 2. The highest BCUT2D eigenvalue weighted by Gasteiger charge is 2.44. The minimum atomic E-state index is -0.276. The van der Waals surface area contributed by atoms with Gasteiger partial charge in [-0.25, -0.2) is 9.37 Å². The van der Waals surface area contributed by atoms with E-state index in [1.807, 2.05) is 6.92 Å². The predicted molar refractivity (Wildman–Crippen MR) is 106 cm³/mol. The number of aromatic nitrogens is 1. The quantitative estimate of drug-likeness (QED) is 0.857. The SMILES string of the molecule is Cc1cc(N2CCC3(CC2)C[C@H](O)C[C@H](C(C)C)O3)nc2cc(F)ccc12. The molecule has 0 amide bonds. The smallest absolute Gasteiger partial charge is 0.129 e. The van der Waals surface area contributed by atoms with E-state index >= 15 is 0 Å². The van der Waals surface area contributed by atoms with E-state index in [0.717, 1.165) is 55.5 Å². The van der Waals surface area contributed by atoms with E-state index in [0.29, 0.717) is 11.4 Å². The van der Waals surface area contributed by atoms with E-state index in [2.05, 4.69) is 24.8 Å². The largest absolute Gasteiger partial charge is 0.393 e. The summed E-state index contributed by atoms with van der Waals surface area (Å²) in [6.45, 7) is 8.04. The summed E-state index contributed by atoms with van der Waals surface area (Å²) in [4.78, 5) is 6.97. The van der Waals surface area contributed by atoms with Gasteiger partial charge in [0.25, 0.3) is 0 Å². The molecule has 0 unspecified atom stereocenters. The summed E-state index contributed by atoms with van der Waals surface area (Å²) in [6.07, 6.45) is 3.08. The molecule has 4 nitrogen and oxygen atoms in total. The Kier molecular flexibility index (Phi) is 4.85. The maximum atomic E-state index is 13.6. The first-order valence-corrected chi connectivity index (χ1v) is 10.0. The van der Waals surface area contributed by atoms with Crippen molar-refractivity contribution in [2.45, 2.75) is 64.3 Å². The van der Waals surface area contributed by atoms with Gasteiger partial charge in [0, 0.05) is 31.0 Å². The molecule has 2 atom stereocenters. The van der Waals surface area contributed by atoms with Crippen molar-refractivity contribution in [1.29, 1.82) is 0 Å². The molecule has 146 valence electrons. The predicted octanol–water partition coefficient (Wildman–Crippen LogP) is 4.22. The molecule has 27 heavy (non-hydrogen) atoms. The van der Waals surface area contributed by atoms with Gasteiger partial charge >= 0.3 is 0 Å². The number of piperidine rings is 1. The first-order chi connectivity index (χ1) is 12.8. The third kappa shape index (κ3) is 3.67. The zero-order chi connectivity index (χ0) is 19.2. The summed E-state index contributed by atoms with van der Waals surface area (Å²) < 4.78 is 20.1. The third-order valence-corrected chi connectivity index (χ3v) is 6.22. The van der Waals surface area contributed by atoms with E-state index in [1.165, 1.54) is 12.1 Å². The molecule has 1 aromatic carbocycles. The molecule has 4 rings (SSSR count). The van der Waals surface area contributed by atoms with Crippen LogP contribution in [-0.2, 0) is 4.74 Å². The Hall–Kier alpha value is -1.72. The molecule has 1 N–H and O–H groups in total. The molecule has 2 aliphatic rings. The van der Waals surface area contributed by atoms with Crippen LogP contribution in [-0.4, -0.2) is 41.0 Å². The van der Waals surface area contributed by atoms with Crippen LogP contribution in [0.2, 0.25) is 0 Å². The molecular weight excluding hydrogens is 343 g/mol. The Morgan fingerprint density at radius 3 is 2.70 bits per heavy atom. The van der Waals surface area contributed by atoms with Gasteiger partial charge in [0.05, 0.1) is 23.3 Å². The molecule has 5 heteroatoms. The Balaban J connectivity index is 1.53. The van der Waals surface area contributed by atoms with Gasteiger partial charge in [0.2, 0.25) is 0 Å². The molecule has 2 aliphatic heterocycles. The third-order valence-electron chi connectivity index (χ3n) is 6.22. The minimum Gasteiger partial charge on any atom is -0.393 e. The minimum absolute atomic E-state index is 0.129. The second kappa shape index (κ2) is 7.02. The Bertz CT molecular complexity index is 830. The molecule has 3 heterocycles. The van der Waals surface area contributed by atoms with Crippen molar-refractivity contribution >= 4 is 16.7 Å². The lowest BCUT2D eigenvalue weighted by Crippen LogP contribution is -2.53. The fourth-order valence-electron chi connectivity index (χ4n) is 4.59. The number of ether oxygens (including phenoxy) is 1. The van der Waals surface area contributed by atoms with Crippen molar-refractivity contribution in [2.24, 2.45) is 5.92 Å². The standard InChI is InChI=1S/C22H29FN2O2/c1-14(2)20-12-17(26)13-22(27-20)6-8-25(9-7-22)21-10-15(3)18-5-4-16(23)11-19(18)24-21/h4-5,10-11,14,17,20,26H,6-9,12-13H2,1-3H3/t17-,20-/m1/s1. The number of aliphatic hydroxyl groups is 1. The van der Waals surface area contributed by atoms with Crippen LogP contribution in [0.5, 0.6) is 0 Å². The van der Waals surface area contributed by atoms with E-state index in [9.17, 15) is 9.50 Å². The van der Waals surface area contributed by atoms with Gasteiger partial charge in [-0.15, -0.1) is 0 Å². The van der Waals surface area contributed by atoms with E-state index in [-0.39, 0.29) is 23.6 Å². The maximum Gasteiger partial charge on any atom is 0.129 e. The molecule has 0 bridgehead atoms. The summed E-state index contributed by atoms with van der Waals surface area (Å²) in [7, 11) is 0. The van der Waals surface area contributed by atoms with Gasteiger partial charge in [0.15, 0.2) is 0 Å². The van der Waals surface area contributed by atoms with E-state index < -0.39 is 0 Å². The van der Waals surface area contributed by atoms with Crippen LogP contribution >= 0.6 is 0 Å². The number of aryl methyl sites for hydroxylation is 1. The number of hydrogen-bond acceptors (Lipinski definition) is 4. The van der Waals surface area contributed by atoms with Crippen LogP contribution in [0, 0.1) is 18.7 Å². The molecule has 2 fully saturated rings. The zero-order valence-corrected chi connectivity index (χ0v) is 16.4. The normalized spacial score (nSPS) is 25.5. The van der Waals surface area contributed by atoms with E-state index in [4.69, 9.17) is 9.72 Å². The van der Waals surface area contributed by atoms with Crippen LogP contribution in [0.15, 0.2) is 24.3 Å². The van der Waals surface area contributed by atoms with Crippen LogP contribution in [0.3, 0.4) is 0 Å². The van der Waals surface area contributed by atoms with E-state index in [1.54, 1.807) is 6.07 Å². The highest BCUT2D eigenvalue weighted by Crippen LogP contribution is 2.40. The van der Waals surface area contributed by atoms with Crippen LogP contribution in [0.1, 0.15) is 45.1 Å². The van der Waals surface area contributed by atoms with Gasteiger partial charge in [-0.05, 0) is 55.9 Å². The fraction of sp³-hybridized carbons (Fsp3) is 0.591. The number of hydrogen-bond donors (Lipinski definition) is 1. The highest BCUT2D eigenvalue weighted by atomic mass is 19.1. The van der Waals surface area contributed by atoms with Crippen molar-refractivity contribution in [3.63, 3.8) is 0 Å². The lowest BCUT2D eigenvalue weighted by Gasteiger charge is -2.49. The van der Waals surface area contributed by atoms with Crippen LogP contribution < -0.4 is 4.90 Å². The average Bonchev–Trinajstić information content (AvgIpc) is 2.61. The molecule has 0 saturated carbocycles. The topological polar surface area (TPSA) is 45.6 Å². The number of pyridine rings is 1. The monoisotopic (exact) mass is 372 g/mol. The Morgan fingerprint density at radius 2 is 2.00 bits per heavy atom. The number of benzene rings is 1. The second-order valence-electron chi connectivity index (χ2n) is 8.62. The summed E-state index contributed by atoms with van der Waals surface area (Å²) in [5, 5.41) is 11.4. The van der Waals surface area contributed by atoms with Crippen LogP contribution in [0.25, 0.3) is 10.9 Å². The van der Waals surface area contributed by atoms with Gasteiger partial charge < -0.3 is 14.7 Å². The molecular formula is C22H29FN2O2. The molecule has 2 aromatic rings. The number of aliphatic hydroxyl groups excluding tert-OH is 1. The van der Waals surface area contributed by atoms with Crippen LogP contribution in [0.4, 0.5) is 10.2 Å². The molecule has 0 aliphatic carbocycles. The Morgan fingerprint density at radius 1 is 1.26 bits per heavy atom. The average molecular weight is 372 g/mol. The number of fused-ring (bicyclic) bond motifs is 1. The van der Waals surface area contributed by atoms with Gasteiger partial charge in [0.1, 0.15) is 11.6 Å². The van der Waals surface area contributed by atoms with Crippen molar-refractivity contribution < 1.29 is 14.2 Å². The second-order valence-corrected chi connectivity index (χ2v) is 8.62. The van der Waals surface area contributed by atoms with Gasteiger partial charge in [-0.1, -0.05) is 13.8 Å². The summed E-state index contributed by atoms with van der Waals surface area (Å²) in [5.41, 5.74) is 1.59.